The monoisotopic (exact) mass is 472 g/mol. The summed E-state index contributed by atoms with van der Waals surface area (Å²) in [6.07, 6.45) is 9.08. The number of aromatic nitrogens is 3. The van der Waals surface area contributed by atoms with Crippen LogP contribution in [0.3, 0.4) is 0 Å². The van der Waals surface area contributed by atoms with Crippen LogP contribution in [-0.2, 0) is 11.5 Å². The Labute approximate surface area is 202 Å². The molecule has 0 atom stereocenters. The third kappa shape index (κ3) is 4.48. The number of likely N-dealkylation sites (tertiary alicyclic amines) is 1. The van der Waals surface area contributed by atoms with Crippen molar-refractivity contribution in [3.8, 4) is 0 Å². The van der Waals surface area contributed by atoms with Crippen LogP contribution >= 0.6 is 11.3 Å². The smallest absolute Gasteiger partial charge is 0.309 e. The molecule has 1 fully saturated rings. The predicted octanol–water partition coefficient (Wildman–Crippen LogP) is 4.80. The van der Waals surface area contributed by atoms with E-state index in [1.807, 2.05) is 46.0 Å². The van der Waals surface area contributed by atoms with Crippen molar-refractivity contribution in [2.24, 2.45) is 0 Å². The topological polar surface area (TPSA) is 60.1 Å². The fraction of sp³-hybridized carbons (Fsp3) is 0.296. The Bertz CT molecular complexity index is 1420. The molecule has 0 N–H and O–H groups in total. The van der Waals surface area contributed by atoms with Crippen LogP contribution in [0.25, 0.3) is 16.3 Å². The van der Waals surface area contributed by atoms with Gasteiger partial charge in [0.25, 0.3) is 0 Å². The van der Waals surface area contributed by atoms with Gasteiger partial charge in [-0.05, 0) is 56.0 Å². The number of fused-ring (bicyclic) bond motifs is 1. The van der Waals surface area contributed by atoms with Gasteiger partial charge >= 0.3 is 4.87 Å². The average molecular weight is 473 g/mol. The summed E-state index contributed by atoms with van der Waals surface area (Å²) in [6.45, 7) is 5.98. The van der Waals surface area contributed by atoms with E-state index in [0.717, 1.165) is 40.0 Å². The number of rotatable bonds is 5. The van der Waals surface area contributed by atoms with Gasteiger partial charge in [-0.15, -0.1) is 0 Å². The molecule has 0 unspecified atom stereocenters. The molecule has 0 saturated carbocycles. The van der Waals surface area contributed by atoms with Crippen molar-refractivity contribution in [3.05, 3.63) is 93.1 Å². The first-order chi connectivity index (χ1) is 16.5. The maximum atomic E-state index is 12.8. The number of hydrogen-bond donors (Lipinski definition) is 0. The molecule has 6 nitrogen and oxygen atoms in total. The molecule has 1 amide bonds. The third-order valence-electron chi connectivity index (χ3n) is 6.63. The zero-order chi connectivity index (χ0) is 23.7. The van der Waals surface area contributed by atoms with Crippen molar-refractivity contribution < 1.29 is 4.79 Å². The van der Waals surface area contributed by atoms with Gasteiger partial charge in [0.2, 0.25) is 5.91 Å². The molecule has 3 heterocycles. The van der Waals surface area contributed by atoms with Crippen LogP contribution in [-0.4, -0.2) is 38.0 Å². The Kier molecular flexibility index (Phi) is 6.20. The van der Waals surface area contributed by atoms with Crippen LogP contribution < -0.4 is 4.87 Å². The van der Waals surface area contributed by atoms with Crippen molar-refractivity contribution in [2.45, 2.75) is 39.3 Å². The number of thiazole rings is 1. The normalized spacial score (nSPS) is 14.9. The summed E-state index contributed by atoms with van der Waals surface area (Å²) in [5.41, 5.74) is 4.39. The highest BCUT2D eigenvalue weighted by molar-refractivity contribution is 7.16. The number of imidazole rings is 1. The van der Waals surface area contributed by atoms with Crippen LogP contribution in [0.2, 0.25) is 0 Å². The van der Waals surface area contributed by atoms with E-state index < -0.39 is 0 Å². The van der Waals surface area contributed by atoms with Crippen LogP contribution in [0.1, 0.15) is 41.3 Å². The molecule has 0 spiro atoms. The molecule has 174 valence electrons. The van der Waals surface area contributed by atoms with Crippen molar-refractivity contribution in [1.82, 2.24) is 19.0 Å². The molecule has 2 aromatic carbocycles. The van der Waals surface area contributed by atoms with Crippen molar-refractivity contribution in [1.29, 1.82) is 0 Å². The second kappa shape index (κ2) is 9.43. The van der Waals surface area contributed by atoms with E-state index in [1.165, 1.54) is 16.9 Å². The van der Waals surface area contributed by atoms with Crippen molar-refractivity contribution in [3.63, 3.8) is 0 Å². The standard InChI is InChI=1S/C27H28N4O2S/c1-19-7-8-20(2)22(17-19)9-10-25(32)29-14-11-21(12-15-29)26-28-13-16-30(26)18-31-23-5-3-4-6-24(23)34-27(31)33/h3-10,13,16-17,21H,11-12,14-15,18H2,1-2H3. The summed E-state index contributed by atoms with van der Waals surface area (Å²) in [5, 5.41) is 0. The zero-order valence-corrected chi connectivity index (χ0v) is 20.3. The number of benzene rings is 2. The Morgan fingerprint density at radius 2 is 1.94 bits per heavy atom. The Balaban J connectivity index is 1.25. The first-order valence-electron chi connectivity index (χ1n) is 11.6. The van der Waals surface area contributed by atoms with E-state index in [0.29, 0.717) is 19.8 Å². The number of carbonyl (C=O) groups is 1. The highest BCUT2D eigenvalue weighted by Gasteiger charge is 2.26. The Morgan fingerprint density at radius 3 is 2.76 bits per heavy atom. The van der Waals surface area contributed by atoms with Gasteiger partial charge in [-0.25, -0.2) is 4.98 Å². The first kappa shape index (κ1) is 22.3. The average Bonchev–Trinajstić information content (AvgIpc) is 3.44. The maximum Gasteiger partial charge on any atom is 0.309 e. The lowest BCUT2D eigenvalue weighted by Gasteiger charge is -2.31. The summed E-state index contributed by atoms with van der Waals surface area (Å²) in [7, 11) is 0. The molecular weight excluding hydrogens is 444 g/mol. The van der Waals surface area contributed by atoms with E-state index >= 15 is 0 Å². The SMILES string of the molecule is Cc1ccc(C)c(C=CC(=O)N2CCC(c3nccn3Cn3c(=O)sc4ccccc43)CC2)c1. The Morgan fingerprint density at radius 1 is 1.15 bits per heavy atom. The fourth-order valence-electron chi connectivity index (χ4n) is 4.66. The molecule has 1 aliphatic heterocycles. The fourth-order valence-corrected chi connectivity index (χ4v) is 5.55. The van der Waals surface area contributed by atoms with E-state index in [1.54, 1.807) is 12.3 Å². The number of carbonyl (C=O) groups excluding carboxylic acids is 1. The second-order valence-electron chi connectivity index (χ2n) is 8.95. The number of piperidine rings is 1. The van der Waals surface area contributed by atoms with E-state index in [2.05, 4.69) is 41.6 Å². The molecule has 4 aromatic rings. The van der Waals surface area contributed by atoms with Gasteiger partial charge in [0.05, 0.1) is 10.2 Å². The zero-order valence-electron chi connectivity index (χ0n) is 19.5. The van der Waals surface area contributed by atoms with Gasteiger partial charge in [-0.3, -0.25) is 14.2 Å². The van der Waals surface area contributed by atoms with Gasteiger partial charge < -0.3 is 9.47 Å². The third-order valence-corrected chi connectivity index (χ3v) is 7.59. The van der Waals surface area contributed by atoms with Crippen molar-refractivity contribution in [2.75, 3.05) is 13.1 Å². The molecule has 0 bridgehead atoms. The second-order valence-corrected chi connectivity index (χ2v) is 9.95. The molecule has 2 aromatic heterocycles. The van der Waals surface area contributed by atoms with Crippen LogP contribution in [0.15, 0.2) is 65.7 Å². The lowest BCUT2D eigenvalue weighted by atomic mass is 9.95. The van der Waals surface area contributed by atoms with E-state index in [9.17, 15) is 9.59 Å². The van der Waals surface area contributed by atoms with E-state index in [4.69, 9.17) is 0 Å². The summed E-state index contributed by atoms with van der Waals surface area (Å²) < 4.78 is 4.88. The summed E-state index contributed by atoms with van der Waals surface area (Å²) in [4.78, 5) is 31.9. The lowest BCUT2D eigenvalue weighted by molar-refractivity contribution is -0.127. The highest BCUT2D eigenvalue weighted by Crippen LogP contribution is 2.28. The van der Waals surface area contributed by atoms with Gasteiger partial charge in [0.1, 0.15) is 12.5 Å². The van der Waals surface area contributed by atoms with Gasteiger partial charge in [0, 0.05) is 37.5 Å². The predicted molar refractivity (Wildman–Crippen MR) is 137 cm³/mol. The molecule has 7 heteroatoms. The number of aryl methyl sites for hydroxylation is 2. The first-order valence-corrected chi connectivity index (χ1v) is 12.4. The van der Waals surface area contributed by atoms with E-state index in [-0.39, 0.29) is 16.7 Å². The lowest BCUT2D eigenvalue weighted by Crippen LogP contribution is -2.37. The van der Waals surface area contributed by atoms with Gasteiger partial charge in [-0.1, -0.05) is 47.2 Å². The van der Waals surface area contributed by atoms with Crippen molar-refractivity contribution >= 4 is 33.5 Å². The van der Waals surface area contributed by atoms with Gasteiger partial charge in [0.15, 0.2) is 0 Å². The van der Waals surface area contributed by atoms with Crippen LogP contribution in [0.5, 0.6) is 0 Å². The molecule has 0 aliphatic carbocycles. The summed E-state index contributed by atoms with van der Waals surface area (Å²) in [6, 6.07) is 14.2. The quantitative estimate of drug-likeness (QED) is 0.392. The minimum Gasteiger partial charge on any atom is -0.339 e. The minimum absolute atomic E-state index is 0.0388. The highest BCUT2D eigenvalue weighted by atomic mass is 32.1. The largest absolute Gasteiger partial charge is 0.339 e. The number of hydrogen-bond acceptors (Lipinski definition) is 4. The number of nitrogens with zero attached hydrogens (tertiary/aromatic N) is 4. The van der Waals surface area contributed by atoms with Gasteiger partial charge in [-0.2, -0.15) is 0 Å². The van der Waals surface area contributed by atoms with Crippen LogP contribution in [0, 0.1) is 13.8 Å². The maximum absolute atomic E-state index is 12.8. The molecule has 1 aliphatic rings. The summed E-state index contributed by atoms with van der Waals surface area (Å²) >= 11 is 1.27. The minimum atomic E-state index is 0.0388. The molecule has 5 rings (SSSR count). The number of para-hydroxylation sites is 1. The summed E-state index contributed by atoms with van der Waals surface area (Å²) in [5.74, 6) is 1.31. The number of amides is 1. The molecule has 34 heavy (non-hydrogen) atoms. The Hall–Kier alpha value is -3.45. The molecule has 1 saturated heterocycles. The molecular formula is C27H28N4O2S. The van der Waals surface area contributed by atoms with Crippen LogP contribution in [0.4, 0.5) is 0 Å². The molecule has 0 radical (unpaired) electrons.